The van der Waals surface area contributed by atoms with E-state index >= 15 is 0 Å². The van der Waals surface area contributed by atoms with Crippen LogP contribution in [0.3, 0.4) is 0 Å². The van der Waals surface area contributed by atoms with Gasteiger partial charge in [-0.25, -0.2) is 4.98 Å². The Morgan fingerprint density at radius 1 is 1.33 bits per heavy atom. The number of likely N-dealkylation sites (N-methyl/N-ethyl adjacent to an activating group) is 1. The number of likely N-dealkylation sites (tertiary alicyclic amines) is 1. The summed E-state index contributed by atoms with van der Waals surface area (Å²) < 4.78 is 2.34. The molecule has 0 amide bonds. The first-order valence-corrected chi connectivity index (χ1v) is 6.95. The number of carbonyl (C=O) groups is 1. The Morgan fingerprint density at radius 2 is 2.17 bits per heavy atom. The molecule has 1 atom stereocenters. The molecule has 0 spiro atoms. The summed E-state index contributed by atoms with van der Waals surface area (Å²) in [5.74, 6) is 1.80. The van der Waals surface area contributed by atoms with Crippen molar-refractivity contribution in [3.63, 3.8) is 0 Å². The van der Waals surface area contributed by atoms with E-state index in [1.165, 1.54) is 30.8 Å². The second-order valence-electron chi connectivity index (χ2n) is 5.68. The van der Waals surface area contributed by atoms with Crippen LogP contribution in [0.1, 0.15) is 54.1 Å². The number of fused-ring (bicyclic) bond motifs is 1. The summed E-state index contributed by atoms with van der Waals surface area (Å²) in [5.41, 5.74) is 1.93. The molecule has 2 aliphatic rings. The van der Waals surface area contributed by atoms with Gasteiger partial charge in [-0.3, -0.25) is 4.79 Å². The van der Waals surface area contributed by atoms with E-state index < -0.39 is 0 Å². The molecular formula is C14H21N3O. The Labute approximate surface area is 108 Å². The summed E-state index contributed by atoms with van der Waals surface area (Å²) in [5, 5.41) is 0. The molecular weight excluding hydrogens is 226 g/mol. The van der Waals surface area contributed by atoms with E-state index in [1.807, 2.05) is 0 Å². The smallest absolute Gasteiger partial charge is 0.179 e. The Balaban J connectivity index is 2.01. The monoisotopic (exact) mass is 247 g/mol. The number of carbonyl (C=O) groups excluding carboxylic acids is 1. The fraction of sp³-hybridized carbons (Fsp3) is 0.714. The van der Waals surface area contributed by atoms with E-state index in [0.717, 1.165) is 31.7 Å². The Morgan fingerprint density at radius 3 is 2.83 bits per heavy atom. The first kappa shape index (κ1) is 11.9. The van der Waals surface area contributed by atoms with Gasteiger partial charge >= 0.3 is 0 Å². The van der Waals surface area contributed by atoms with Crippen LogP contribution < -0.4 is 0 Å². The van der Waals surface area contributed by atoms with Gasteiger partial charge in [-0.05, 0) is 39.3 Å². The van der Waals surface area contributed by atoms with Gasteiger partial charge in [0.05, 0.1) is 0 Å². The molecule has 4 nitrogen and oxygen atoms in total. The Kier molecular flexibility index (Phi) is 2.98. The molecule has 3 rings (SSSR count). The SMILES string of the molecule is CC(=O)c1nc(C2CCN(C)C2)n2c1CCCC2. The average Bonchev–Trinajstić information content (AvgIpc) is 2.92. The van der Waals surface area contributed by atoms with Gasteiger partial charge in [0.25, 0.3) is 0 Å². The highest BCUT2D eigenvalue weighted by molar-refractivity contribution is 5.93. The Hall–Kier alpha value is -1.16. The lowest BCUT2D eigenvalue weighted by Crippen LogP contribution is -2.18. The maximum absolute atomic E-state index is 11.7. The number of rotatable bonds is 2. The van der Waals surface area contributed by atoms with Gasteiger partial charge in [0.15, 0.2) is 5.78 Å². The summed E-state index contributed by atoms with van der Waals surface area (Å²) in [6, 6.07) is 0. The van der Waals surface area contributed by atoms with Crippen LogP contribution in [0.5, 0.6) is 0 Å². The number of imidazole rings is 1. The van der Waals surface area contributed by atoms with Crippen LogP contribution in [0.2, 0.25) is 0 Å². The third kappa shape index (κ3) is 1.88. The number of ketones is 1. The standard InChI is InChI=1S/C14H21N3O/c1-10(18)13-12-5-3-4-7-17(12)14(15-13)11-6-8-16(2)9-11/h11H,3-9H2,1-2H3. The van der Waals surface area contributed by atoms with E-state index in [0.29, 0.717) is 5.92 Å². The van der Waals surface area contributed by atoms with E-state index in [1.54, 1.807) is 6.92 Å². The number of nitrogens with zero attached hydrogens (tertiary/aromatic N) is 3. The van der Waals surface area contributed by atoms with Crippen molar-refractivity contribution in [3.05, 3.63) is 17.2 Å². The fourth-order valence-electron chi connectivity index (χ4n) is 3.31. The topological polar surface area (TPSA) is 38.1 Å². The second kappa shape index (κ2) is 4.50. The normalized spacial score (nSPS) is 24.2. The molecule has 0 bridgehead atoms. The summed E-state index contributed by atoms with van der Waals surface area (Å²) in [6.07, 6.45) is 4.60. The van der Waals surface area contributed by atoms with Crippen molar-refractivity contribution >= 4 is 5.78 Å². The van der Waals surface area contributed by atoms with Crippen LogP contribution in [0.15, 0.2) is 0 Å². The van der Waals surface area contributed by atoms with Gasteiger partial charge in [0.1, 0.15) is 11.5 Å². The van der Waals surface area contributed by atoms with Crippen molar-refractivity contribution in [3.8, 4) is 0 Å². The molecule has 0 N–H and O–H groups in total. The van der Waals surface area contributed by atoms with Crippen LogP contribution in [-0.4, -0.2) is 40.4 Å². The number of aromatic nitrogens is 2. The molecule has 0 aromatic carbocycles. The minimum atomic E-state index is 0.123. The molecule has 1 unspecified atom stereocenters. The van der Waals surface area contributed by atoms with Crippen molar-refractivity contribution in [1.29, 1.82) is 0 Å². The first-order valence-electron chi connectivity index (χ1n) is 6.95. The third-order valence-electron chi connectivity index (χ3n) is 4.24. The van der Waals surface area contributed by atoms with Crippen molar-refractivity contribution in [2.75, 3.05) is 20.1 Å². The van der Waals surface area contributed by atoms with Crippen molar-refractivity contribution in [2.45, 2.75) is 45.1 Å². The molecule has 98 valence electrons. The van der Waals surface area contributed by atoms with Crippen molar-refractivity contribution in [1.82, 2.24) is 14.5 Å². The lowest BCUT2D eigenvalue weighted by Gasteiger charge is -2.19. The molecule has 4 heteroatoms. The van der Waals surface area contributed by atoms with Crippen molar-refractivity contribution < 1.29 is 4.79 Å². The molecule has 1 aromatic rings. The maximum atomic E-state index is 11.7. The van der Waals surface area contributed by atoms with Gasteiger partial charge in [0, 0.05) is 31.6 Å². The van der Waals surface area contributed by atoms with Crippen LogP contribution >= 0.6 is 0 Å². The maximum Gasteiger partial charge on any atom is 0.179 e. The molecule has 2 aliphatic heterocycles. The largest absolute Gasteiger partial charge is 0.331 e. The summed E-state index contributed by atoms with van der Waals surface area (Å²) in [7, 11) is 2.16. The minimum absolute atomic E-state index is 0.123. The van der Waals surface area contributed by atoms with Crippen LogP contribution in [-0.2, 0) is 13.0 Å². The molecule has 0 saturated carbocycles. The zero-order valence-corrected chi connectivity index (χ0v) is 11.3. The van der Waals surface area contributed by atoms with Gasteiger partial charge < -0.3 is 9.47 Å². The van der Waals surface area contributed by atoms with E-state index in [4.69, 9.17) is 4.98 Å². The summed E-state index contributed by atoms with van der Waals surface area (Å²) >= 11 is 0. The number of hydrogen-bond donors (Lipinski definition) is 0. The van der Waals surface area contributed by atoms with Gasteiger partial charge in [-0.15, -0.1) is 0 Å². The lowest BCUT2D eigenvalue weighted by atomic mass is 10.1. The molecule has 3 heterocycles. The molecule has 1 saturated heterocycles. The zero-order valence-electron chi connectivity index (χ0n) is 11.3. The molecule has 18 heavy (non-hydrogen) atoms. The van der Waals surface area contributed by atoms with Crippen LogP contribution in [0.4, 0.5) is 0 Å². The highest BCUT2D eigenvalue weighted by Crippen LogP contribution is 2.30. The summed E-state index contributed by atoms with van der Waals surface area (Å²) in [4.78, 5) is 18.8. The quantitative estimate of drug-likeness (QED) is 0.748. The molecule has 0 aliphatic carbocycles. The molecule has 1 fully saturated rings. The van der Waals surface area contributed by atoms with E-state index in [9.17, 15) is 4.79 Å². The van der Waals surface area contributed by atoms with E-state index in [-0.39, 0.29) is 5.78 Å². The van der Waals surface area contributed by atoms with Gasteiger partial charge in [-0.2, -0.15) is 0 Å². The zero-order chi connectivity index (χ0) is 12.7. The summed E-state index contributed by atoms with van der Waals surface area (Å²) in [6.45, 7) is 4.91. The predicted molar refractivity (Wildman–Crippen MR) is 70.0 cm³/mol. The lowest BCUT2D eigenvalue weighted by molar-refractivity contribution is 0.101. The fourth-order valence-corrected chi connectivity index (χ4v) is 3.31. The van der Waals surface area contributed by atoms with Gasteiger partial charge in [-0.1, -0.05) is 0 Å². The van der Waals surface area contributed by atoms with Crippen LogP contribution in [0, 0.1) is 0 Å². The molecule has 0 radical (unpaired) electrons. The highest BCUT2D eigenvalue weighted by Gasteiger charge is 2.30. The van der Waals surface area contributed by atoms with Crippen LogP contribution in [0.25, 0.3) is 0 Å². The average molecular weight is 247 g/mol. The number of Topliss-reactive ketones (excluding diaryl/α,β-unsaturated/α-hetero) is 1. The minimum Gasteiger partial charge on any atom is -0.331 e. The predicted octanol–water partition coefficient (Wildman–Crippen LogP) is 1.84. The van der Waals surface area contributed by atoms with Crippen molar-refractivity contribution in [2.24, 2.45) is 0 Å². The first-order chi connectivity index (χ1) is 8.66. The third-order valence-corrected chi connectivity index (χ3v) is 4.24. The highest BCUT2D eigenvalue weighted by atomic mass is 16.1. The second-order valence-corrected chi connectivity index (χ2v) is 5.68. The number of hydrogen-bond acceptors (Lipinski definition) is 3. The Bertz CT molecular complexity index is 478. The molecule has 1 aromatic heterocycles. The van der Waals surface area contributed by atoms with E-state index in [2.05, 4.69) is 16.5 Å². The van der Waals surface area contributed by atoms with Gasteiger partial charge in [0.2, 0.25) is 0 Å².